The highest BCUT2D eigenvalue weighted by atomic mass is 15.0. The second kappa shape index (κ2) is 4.06. The van der Waals surface area contributed by atoms with E-state index in [-0.39, 0.29) is 0 Å². The molecule has 1 aromatic carbocycles. The predicted octanol–water partition coefficient (Wildman–Crippen LogP) is 2.78. The van der Waals surface area contributed by atoms with Crippen LogP contribution in [-0.2, 0) is 0 Å². The van der Waals surface area contributed by atoms with Gasteiger partial charge in [-0.25, -0.2) is 0 Å². The first-order valence-corrected chi connectivity index (χ1v) is 5.68. The standard InChI is InChI=1S/C14H14N2/c1-2-4-11(5-3-1)13-7-6-12(10-16-13)14-8-9-15-14/h1-7,10,14-15H,8-9H2/t14-/m0/s1. The Labute approximate surface area is 95.3 Å². The van der Waals surface area contributed by atoms with Crippen molar-refractivity contribution >= 4 is 0 Å². The Balaban J connectivity index is 1.87. The lowest BCUT2D eigenvalue weighted by Gasteiger charge is -2.27. The number of aromatic nitrogens is 1. The van der Waals surface area contributed by atoms with Crippen molar-refractivity contribution in [3.8, 4) is 11.3 Å². The first-order valence-electron chi connectivity index (χ1n) is 5.68. The lowest BCUT2D eigenvalue weighted by Crippen LogP contribution is -2.34. The quantitative estimate of drug-likeness (QED) is 0.824. The molecule has 0 saturated carbocycles. The fourth-order valence-electron chi connectivity index (χ4n) is 1.96. The van der Waals surface area contributed by atoms with Crippen LogP contribution in [0.15, 0.2) is 48.7 Å². The largest absolute Gasteiger partial charge is 0.310 e. The monoisotopic (exact) mass is 210 g/mol. The van der Waals surface area contributed by atoms with Crippen molar-refractivity contribution in [1.29, 1.82) is 0 Å². The minimum Gasteiger partial charge on any atom is -0.310 e. The summed E-state index contributed by atoms with van der Waals surface area (Å²) in [5, 5.41) is 3.38. The number of rotatable bonds is 2. The SMILES string of the molecule is c1ccc(-c2ccc([C@@H]3CCN3)cn2)cc1. The molecule has 3 rings (SSSR count). The van der Waals surface area contributed by atoms with E-state index >= 15 is 0 Å². The molecule has 1 aliphatic heterocycles. The van der Waals surface area contributed by atoms with Crippen molar-refractivity contribution in [2.45, 2.75) is 12.5 Å². The number of benzene rings is 1. The summed E-state index contributed by atoms with van der Waals surface area (Å²) in [6.07, 6.45) is 3.21. The summed E-state index contributed by atoms with van der Waals surface area (Å²) < 4.78 is 0. The Hall–Kier alpha value is -1.67. The smallest absolute Gasteiger partial charge is 0.0702 e. The van der Waals surface area contributed by atoms with Crippen LogP contribution in [0.5, 0.6) is 0 Å². The van der Waals surface area contributed by atoms with E-state index in [1.165, 1.54) is 17.5 Å². The van der Waals surface area contributed by atoms with E-state index in [0.717, 1.165) is 12.2 Å². The van der Waals surface area contributed by atoms with Gasteiger partial charge in [-0.05, 0) is 24.6 Å². The zero-order chi connectivity index (χ0) is 10.8. The molecule has 1 N–H and O–H groups in total. The Morgan fingerprint density at radius 3 is 2.44 bits per heavy atom. The Kier molecular flexibility index (Phi) is 2.43. The molecule has 2 aromatic rings. The fourth-order valence-corrected chi connectivity index (χ4v) is 1.96. The fraction of sp³-hybridized carbons (Fsp3) is 0.214. The van der Waals surface area contributed by atoms with E-state index < -0.39 is 0 Å². The van der Waals surface area contributed by atoms with Gasteiger partial charge >= 0.3 is 0 Å². The molecule has 16 heavy (non-hydrogen) atoms. The Morgan fingerprint density at radius 1 is 1.06 bits per heavy atom. The highest BCUT2D eigenvalue weighted by molar-refractivity contribution is 5.58. The lowest BCUT2D eigenvalue weighted by molar-refractivity contribution is 0.382. The topological polar surface area (TPSA) is 24.9 Å². The zero-order valence-corrected chi connectivity index (χ0v) is 9.06. The Bertz CT molecular complexity index is 458. The highest BCUT2D eigenvalue weighted by Crippen LogP contribution is 2.24. The molecule has 1 atom stereocenters. The van der Waals surface area contributed by atoms with Crippen LogP contribution in [0.2, 0.25) is 0 Å². The number of nitrogens with one attached hydrogen (secondary N) is 1. The van der Waals surface area contributed by atoms with Crippen molar-refractivity contribution in [2.24, 2.45) is 0 Å². The predicted molar refractivity (Wildman–Crippen MR) is 65.0 cm³/mol. The summed E-state index contributed by atoms with van der Waals surface area (Å²) in [5.41, 5.74) is 3.52. The van der Waals surface area contributed by atoms with E-state index in [9.17, 15) is 0 Å². The van der Waals surface area contributed by atoms with Gasteiger partial charge in [-0.1, -0.05) is 36.4 Å². The summed E-state index contributed by atoms with van der Waals surface area (Å²) in [4.78, 5) is 4.51. The van der Waals surface area contributed by atoms with Gasteiger partial charge in [0.25, 0.3) is 0 Å². The van der Waals surface area contributed by atoms with Crippen LogP contribution in [-0.4, -0.2) is 11.5 Å². The van der Waals surface area contributed by atoms with Gasteiger partial charge < -0.3 is 5.32 Å². The summed E-state index contributed by atoms with van der Waals surface area (Å²) in [7, 11) is 0. The summed E-state index contributed by atoms with van der Waals surface area (Å²) in [5.74, 6) is 0. The van der Waals surface area contributed by atoms with Crippen LogP contribution in [0, 0.1) is 0 Å². The number of nitrogens with zero attached hydrogens (tertiary/aromatic N) is 1. The van der Waals surface area contributed by atoms with E-state index in [1.807, 2.05) is 24.4 Å². The van der Waals surface area contributed by atoms with Gasteiger partial charge in [0.15, 0.2) is 0 Å². The van der Waals surface area contributed by atoms with Crippen molar-refractivity contribution in [2.75, 3.05) is 6.54 Å². The van der Waals surface area contributed by atoms with Gasteiger partial charge in [-0.2, -0.15) is 0 Å². The van der Waals surface area contributed by atoms with Crippen LogP contribution in [0.4, 0.5) is 0 Å². The molecule has 0 radical (unpaired) electrons. The van der Waals surface area contributed by atoms with Crippen molar-refractivity contribution in [1.82, 2.24) is 10.3 Å². The van der Waals surface area contributed by atoms with Gasteiger partial charge in [-0.15, -0.1) is 0 Å². The van der Waals surface area contributed by atoms with Gasteiger partial charge in [-0.3, -0.25) is 4.98 Å². The third-order valence-electron chi connectivity index (χ3n) is 3.08. The van der Waals surface area contributed by atoms with Gasteiger partial charge in [0.05, 0.1) is 5.69 Å². The second-order valence-corrected chi connectivity index (χ2v) is 4.14. The van der Waals surface area contributed by atoms with Gasteiger partial charge in [0.1, 0.15) is 0 Å². The second-order valence-electron chi connectivity index (χ2n) is 4.14. The maximum atomic E-state index is 4.51. The van der Waals surface area contributed by atoms with Crippen LogP contribution in [0.3, 0.4) is 0 Å². The minimum absolute atomic E-state index is 0.525. The van der Waals surface area contributed by atoms with Crippen LogP contribution in [0.25, 0.3) is 11.3 Å². The van der Waals surface area contributed by atoms with E-state index in [1.54, 1.807) is 0 Å². The molecule has 1 fully saturated rings. The molecule has 0 amide bonds. The Morgan fingerprint density at radius 2 is 1.88 bits per heavy atom. The molecule has 0 aliphatic carbocycles. The zero-order valence-electron chi connectivity index (χ0n) is 9.06. The third-order valence-corrected chi connectivity index (χ3v) is 3.08. The third kappa shape index (κ3) is 1.72. The molecule has 0 spiro atoms. The summed E-state index contributed by atoms with van der Waals surface area (Å²) in [6.45, 7) is 1.13. The highest BCUT2D eigenvalue weighted by Gasteiger charge is 2.18. The van der Waals surface area contributed by atoms with Crippen LogP contribution >= 0.6 is 0 Å². The molecule has 0 unspecified atom stereocenters. The van der Waals surface area contributed by atoms with Crippen molar-refractivity contribution in [3.05, 3.63) is 54.2 Å². The summed E-state index contributed by atoms with van der Waals surface area (Å²) in [6, 6.07) is 15.1. The van der Waals surface area contributed by atoms with Gasteiger partial charge in [0, 0.05) is 17.8 Å². The number of pyridine rings is 1. The molecular weight excluding hydrogens is 196 g/mol. The molecule has 2 heteroatoms. The van der Waals surface area contributed by atoms with Crippen LogP contribution in [0.1, 0.15) is 18.0 Å². The van der Waals surface area contributed by atoms with E-state index in [2.05, 4.69) is 34.6 Å². The van der Waals surface area contributed by atoms with E-state index in [4.69, 9.17) is 0 Å². The molecule has 1 aliphatic rings. The summed E-state index contributed by atoms with van der Waals surface area (Å²) >= 11 is 0. The first kappa shape index (κ1) is 9.55. The maximum Gasteiger partial charge on any atom is 0.0702 e. The molecular formula is C14H14N2. The van der Waals surface area contributed by atoms with E-state index in [0.29, 0.717) is 6.04 Å². The lowest BCUT2D eigenvalue weighted by atomic mass is 9.99. The minimum atomic E-state index is 0.525. The van der Waals surface area contributed by atoms with Gasteiger partial charge in [0.2, 0.25) is 0 Å². The number of hydrogen-bond donors (Lipinski definition) is 1. The maximum absolute atomic E-state index is 4.51. The van der Waals surface area contributed by atoms with Crippen LogP contribution < -0.4 is 5.32 Å². The molecule has 1 aromatic heterocycles. The van der Waals surface area contributed by atoms with Crippen molar-refractivity contribution in [3.63, 3.8) is 0 Å². The molecule has 2 heterocycles. The molecule has 2 nitrogen and oxygen atoms in total. The molecule has 0 bridgehead atoms. The van der Waals surface area contributed by atoms with Crippen molar-refractivity contribution < 1.29 is 0 Å². The molecule has 80 valence electrons. The number of hydrogen-bond acceptors (Lipinski definition) is 2. The normalized spacial score (nSPS) is 19.1. The first-order chi connectivity index (χ1) is 7.93. The molecule has 1 saturated heterocycles. The average Bonchev–Trinajstić information content (AvgIpc) is 2.29. The average molecular weight is 210 g/mol.